The van der Waals surface area contributed by atoms with Crippen LogP contribution in [0.25, 0.3) is 21.8 Å². The van der Waals surface area contributed by atoms with Gasteiger partial charge in [-0.05, 0) is 18.2 Å². The van der Waals surface area contributed by atoms with Gasteiger partial charge in [0.05, 0.1) is 23.0 Å². The van der Waals surface area contributed by atoms with Gasteiger partial charge in [-0.25, -0.2) is 4.98 Å². The van der Waals surface area contributed by atoms with Crippen LogP contribution in [0.3, 0.4) is 0 Å². The average Bonchev–Trinajstić information content (AvgIpc) is 2.57. The van der Waals surface area contributed by atoms with E-state index in [9.17, 15) is 4.79 Å². The number of methoxy groups -OCH3 is 1. The van der Waals surface area contributed by atoms with Gasteiger partial charge in [0.15, 0.2) is 0 Å². The van der Waals surface area contributed by atoms with Gasteiger partial charge in [0.25, 0.3) is 0 Å². The third kappa shape index (κ3) is 2.00. The van der Waals surface area contributed by atoms with Gasteiger partial charge in [-0.1, -0.05) is 17.7 Å². The van der Waals surface area contributed by atoms with Crippen molar-refractivity contribution >= 4 is 33.4 Å². The molecule has 3 rings (SSSR count). The minimum absolute atomic E-state index is 0.205. The summed E-state index contributed by atoms with van der Waals surface area (Å²) in [5.74, 6) is 0.402. The van der Waals surface area contributed by atoms with Crippen molar-refractivity contribution < 1.29 is 4.74 Å². The van der Waals surface area contributed by atoms with Crippen molar-refractivity contribution in [3.8, 4) is 5.88 Å². The van der Waals surface area contributed by atoms with E-state index in [1.54, 1.807) is 24.3 Å². The van der Waals surface area contributed by atoms with Crippen LogP contribution < -0.4 is 10.2 Å². The Kier molecular flexibility index (Phi) is 2.80. The molecule has 0 saturated carbocycles. The maximum Gasteiger partial charge on any atom is 0.214 e. The fourth-order valence-corrected chi connectivity index (χ4v) is 2.10. The minimum atomic E-state index is -0.205. The highest BCUT2D eigenvalue weighted by Crippen LogP contribution is 2.18. The van der Waals surface area contributed by atoms with Gasteiger partial charge < -0.3 is 4.74 Å². The van der Waals surface area contributed by atoms with Crippen molar-refractivity contribution in [1.82, 2.24) is 9.97 Å². The zero-order chi connectivity index (χ0) is 13.4. The summed E-state index contributed by atoms with van der Waals surface area (Å²) in [6.07, 6.45) is 1.52. The Hall–Kier alpha value is -2.20. The second-order valence-corrected chi connectivity index (χ2v) is 4.48. The first-order valence-corrected chi connectivity index (χ1v) is 6.00. The molecule has 19 heavy (non-hydrogen) atoms. The molecule has 2 aromatic heterocycles. The molecule has 0 atom stereocenters. The van der Waals surface area contributed by atoms with Crippen LogP contribution in [0, 0.1) is 0 Å². The highest BCUT2D eigenvalue weighted by Gasteiger charge is 2.06. The van der Waals surface area contributed by atoms with Crippen LogP contribution in [0.1, 0.15) is 0 Å². The molecule has 0 aliphatic carbocycles. The summed E-state index contributed by atoms with van der Waals surface area (Å²) in [6, 6.07) is 8.71. The van der Waals surface area contributed by atoms with Crippen LogP contribution in [-0.4, -0.2) is 17.1 Å². The highest BCUT2D eigenvalue weighted by atomic mass is 35.5. The van der Waals surface area contributed by atoms with Crippen LogP contribution >= 0.6 is 11.6 Å². The Balaban J connectivity index is 2.55. The maximum absolute atomic E-state index is 12.5. The number of ether oxygens (including phenoxy) is 1. The number of hydrogen-bond donors (Lipinski definition) is 0. The lowest BCUT2D eigenvalue weighted by atomic mass is 10.2. The van der Waals surface area contributed by atoms with Crippen LogP contribution in [0.4, 0.5) is 0 Å². The zero-order valence-electron chi connectivity index (χ0n) is 10.1. The second kappa shape index (κ2) is 4.48. The second-order valence-electron chi connectivity index (χ2n) is 4.04. The summed E-state index contributed by atoms with van der Waals surface area (Å²) < 4.78 is 5.05. The SMILES string of the molecule is COc1ccc2ccc3ncc(Cl)cc3c(=O)c2n1. The Morgan fingerprint density at radius 2 is 2.00 bits per heavy atom. The number of halogens is 1. The molecule has 3 aromatic rings. The van der Waals surface area contributed by atoms with Crippen molar-refractivity contribution in [2.24, 2.45) is 0 Å². The minimum Gasteiger partial charge on any atom is -0.481 e. The van der Waals surface area contributed by atoms with Gasteiger partial charge in [-0.15, -0.1) is 0 Å². The number of nitrogens with zero attached hydrogens (tertiary/aromatic N) is 2. The topological polar surface area (TPSA) is 52.1 Å². The molecule has 0 spiro atoms. The van der Waals surface area contributed by atoms with E-state index >= 15 is 0 Å². The first-order valence-electron chi connectivity index (χ1n) is 5.62. The predicted molar refractivity (Wildman–Crippen MR) is 74.9 cm³/mol. The van der Waals surface area contributed by atoms with Crippen LogP contribution in [-0.2, 0) is 0 Å². The third-order valence-electron chi connectivity index (χ3n) is 2.88. The van der Waals surface area contributed by atoms with Crippen molar-refractivity contribution in [3.63, 3.8) is 0 Å². The molecular weight excluding hydrogens is 264 g/mol. The van der Waals surface area contributed by atoms with E-state index in [0.717, 1.165) is 5.39 Å². The third-order valence-corrected chi connectivity index (χ3v) is 3.08. The average molecular weight is 273 g/mol. The predicted octanol–water partition coefficient (Wildman–Crippen LogP) is 2.81. The number of fused-ring (bicyclic) bond motifs is 2. The van der Waals surface area contributed by atoms with Crippen molar-refractivity contribution in [2.45, 2.75) is 0 Å². The number of rotatable bonds is 1. The number of aromatic nitrogens is 2. The van der Waals surface area contributed by atoms with Gasteiger partial charge in [0, 0.05) is 17.6 Å². The molecule has 0 bridgehead atoms. The molecule has 4 nitrogen and oxygen atoms in total. The molecule has 0 aliphatic heterocycles. The maximum atomic E-state index is 12.5. The molecule has 0 fully saturated rings. The lowest BCUT2D eigenvalue weighted by molar-refractivity contribution is 0.399. The molecule has 0 saturated heterocycles. The van der Waals surface area contributed by atoms with E-state index in [0.29, 0.717) is 27.3 Å². The zero-order valence-corrected chi connectivity index (χ0v) is 10.8. The van der Waals surface area contributed by atoms with Gasteiger partial charge in [0.2, 0.25) is 11.3 Å². The van der Waals surface area contributed by atoms with Gasteiger partial charge in [0.1, 0.15) is 5.52 Å². The monoisotopic (exact) mass is 272 g/mol. The number of hydrogen-bond acceptors (Lipinski definition) is 4. The van der Waals surface area contributed by atoms with Gasteiger partial charge in [-0.2, -0.15) is 0 Å². The smallest absolute Gasteiger partial charge is 0.214 e. The molecule has 5 heteroatoms. The van der Waals surface area contributed by atoms with E-state index in [2.05, 4.69) is 9.97 Å². The molecule has 0 aliphatic rings. The Labute approximate surface area is 113 Å². The highest BCUT2D eigenvalue weighted by molar-refractivity contribution is 6.31. The lowest BCUT2D eigenvalue weighted by Gasteiger charge is -1.98. The number of pyridine rings is 2. The van der Waals surface area contributed by atoms with Crippen molar-refractivity contribution in [1.29, 1.82) is 0 Å². The van der Waals surface area contributed by atoms with Crippen LogP contribution in [0.15, 0.2) is 41.3 Å². The summed E-state index contributed by atoms with van der Waals surface area (Å²) in [4.78, 5) is 20.9. The summed E-state index contributed by atoms with van der Waals surface area (Å²) in [5.41, 5.74) is 0.730. The molecule has 94 valence electrons. The quantitative estimate of drug-likeness (QED) is 0.683. The molecular formula is C14H9ClN2O2. The lowest BCUT2D eigenvalue weighted by Crippen LogP contribution is -2.02. The van der Waals surface area contributed by atoms with Gasteiger partial charge >= 0.3 is 0 Å². The van der Waals surface area contributed by atoms with Gasteiger partial charge in [-0.3, -0.25) is 9.78 Å². The fourth-order valence-electron chi connectivity index (χ4n) is 1.94. The summed E-state index contributed by atoms with van der Waals surface area (Å²) in [6.45, 7) is 0. The normalized spacial score (nSPS) is 10.8. The molecule has 1 aromatic carbocycles. The Morgan fingerprint density at radius 3 is 2.79 bits per heavy atom. The standard InChI is InChI=1S/C14H9ClN2O2/c1-19-12-5-3-8-2-4-11-10(6-9(15)7-16-11)14(18)13(8)17-12/h2-7H,1H3. The van der Waals surface area contributed by atoms with Crippen molar-refractivity contribution in [3.05, 3.63) is 51.8 Å². The molecule has 2 heterocycles. The Morgan fingerprint density at radius 1 is 1.21 bits per heavy atom. The van der Waals surface area contributed by atoms with E-state index < -0.39 is 0 Å². The van der Waals surface area contributed by atoms with E-state index in [4.69, 9.17) is 16.3 Å². The summed E-state index contributed by atoms with van der Waals surface area (Å²) >= 11 is 5.90. The molecule has 0 unspecified atom stereocenters. The molecule has 0 radical (unpaired) electrons. The van der Waals surface area contributed by atoms with E-state index in [-0.39, 0.29) is 5.43 Å². The first kappa shape index (κ1) is 11.9. The first-order chi connectivity index (χ1) is 9.19. The Bertz CT molecular complexity index is 849. The van der Waals surface area contributed by atoms with E-state index in [1.807, 2.05) is 6.07 Å². The molecule has 0 N–H and O–H groups in total. The largest absolute Gasteiger partial charge is 0.481 e. The summed E-state index contributed by atoms with van der Waals surface area (Å²) in [5, 5.41) is 1.61. The summed E-state index contributed by atoms with van der Waals surface area (Å²) in [7, 11) is 1.51. The van der Waals surface area contributed by atoms with Crippen LogP contribution in [0.2, 0.25) is 5.02 Å². The van der Waals surface area contributed by atoms with Crippen LogP contribution in [0.5, 0.6) is 5.88 Å². The van der Waals surface area contributed by atoms with Crippen molar-refractivity contribution in [2.75, 3.05) is 7.11 Å². The molecule has 0 amide bonds. The van der Waals surface area contributed by atoms with E-state index in [1.165, 1.54) is 13.3 Å². The fraction of sp³-hybridized carbons (Fsp3) is 0.0714.